The van der Waals surface area contributed by atoms with Crippen LogP contribution in [0.1, 0.15) is 40.0 Å². The maximum Gasteiger partial charge on any atom is 0.115 e. The van der Waals surface area contributed by atoms with E-state index < -0.39 is 6.67 Å². The first-order valence-corrected chi connectivity index (χ1v) is 8.09. The van der Waals surface area contributed by atoms with Gasteiger partial charge in [0.2, 0.25) is 0 Å². The van der Waals surface area contributed by atoms with E-state index in [0.717, 1.165) is 41.6 Å². The molecule has 0 aliphatic heterocycles. The summed E-state index contributed by atoms with van der Waals surface area (Å²) in [5, 5.41) is 0. The van der Waals surface area contributed by atoms with Crippen molar-refractivity contribution in [1.29, 1.82) is 0 Å². The number of rotatable bonds is 9. The molecule has 0 bridgehead atoms. The standard InChI is InChI=1S/C20H29FN2/c1-6-15(2)20(14-23-22-5)17(4)19(13-21)16(3)11-12-18-9-7-8-10-18/h6-9,14,22-23H,4,10-13H2,1-3,5H3/b15-6+,19-16+,20-14+. The third-order valence-corrected chi connectivity index (χ3v) is 4.23. The minimum absolute atomic E-state index is 0.490. The van der Waals surface area contributed by atoms with Crippen LogP contribution in [0.4, 0.5) is 4.39 Å². The molecule has 126 valence electrons. The highest BCUT2D eigenvalue weighted by molar-refractivity contribution is 5.55. The fourth-order valence-electron chi connectivity index (χ4n) is 2.53. The number of hydrazine groups is 1. The zero-order valence-corrected chi connectivity index (χ0v) is 14.8. The van der Waals surface area contributed by atoms with Gasteiger partial charge in [-0.05, 0) is 56.8 Å². The van der Waals surface area contributed by atoms with Gasteiger partial charge < -0.3 is 5.43 Å². The van der Waals surface area contributed by atoms with Crippen LogP contribution in [0, 0.1) is 0 Å². The average molecular weight is 316 g/mol. The number of allylic oxidation sites excluding steroid dienone is 10. The second-order valence-electron chi connectivity index (χ2n) is 5.75. The third-order valence-electron chi connectivity index (χ3n) is 4.23. The number of halogens is 1. The molecule has 0 radical (unpaired) electrons. The molecule has 0 saturated carbocycles. The first-order chi connectivity index (χ1) is 11.0. The number of alkyl halides is 1. The Labute approximate surface area is 140 Å². The summed E-state index contributed by atoms with van der Waals surface area (Å²) >= 11 is 0. The molecule has 3 heteroatoms. The van der Waals surface area contributed by atoms with E-state index in [1.807, 2.05) is 33.0 Å². The Morgan fingerprint density at radius 2 is 2.13 bits per heavy atom. The molecule has 0 aromatic rings. The molecule has 0 aromatic heterocycles. The molecule has 0 spiro atoms. The van der Waals surface area contributed by atoms with Crippen LogP contribution in [0.5, 0.6) is 0 Å². The lowest BCUT2D eigenvalue weighted by Gasteiger charge is -2.17. The minimum Gasteiger partial charge on any atom is -0.328 e. The van der Waals surface area contributed by atoms with Crippen LogP contribution in [0.15, 0.2) is 70.5 Å². The van der Waals surface area contributed by atoms with Crippen LogP contribution in [0.25, 0.3) is 0 Å². The molecule has 1 aliphatic carbocycles. The van der Waals surface area contributed by atoms with Gasteiger partial charge >= 0.3 is 0 Å². The largest absolute Gasteiger partial charge is 0.328 e. The highest BCUT2D eigenvalue weighted by Gasteiger charge is 2.13. The number of hydrogen-bond acceptors (Lipinski definition) is 2. The summed E-state index contributed by atoms with van der Waals surface area (Å²) in [6, 6.07) is 0. The molecule has 0 saturated heterocycles. The Balaban J connectivity index is 2.94. The van der Waals surface area contributed by atoms with E-state index in [0.29, 0.717) is 5.57 Å². The SMILES string of the molecule is C=C(/C(CF)=C(\C)CCC1=CC=CC1)C(=C/NNC)/C(C)=C/C. The average Bonchev–Trinajstić information content (AvgIpc) is 3.07. The summed E-state index contributed by atoms with van der Waals surface area (Å²) in [6.45, 7) is 9.65. The lowest BCUT2D eigenvalue weighted by Crippen LogP contribution is -2.22. The van der Waals surface area contributed by atoms with Gasteiger partial charge in [-0.1, -0.05) is 42.0 Å². The van der Waals surface area contributed by atoms with E-state index in [-0.39, 0.29) is 0 Å². The normalized spacial score (nSPS) is 16.3. The van der Waals surface area contributed by atoms with Gasteiger partial charge in [0.05, 0.1) is 0 Å². The Hall–Kier alpha value is -1.87. The second-order valence-corrected chi connectivity index (χ2v) is 5.75. The maximum atomic E-state index is 13.7. The second kappa shape index (κ2) is 10.0. The molecule has 0 amide bonds. The van der Waals surface area contributed by atoms with Gasteiger partial charge in [-0.25, -0.2) is 9.82 Å². The third kappa shape index (κ3) is 5.68. The van der Waals surface area contributed by atoms with Crippen molar-refractivity contribution in [3.05, 3.63) is 70.5 Å². The molecule has 2 nitrogen and oxygen atoms in total. The van der Waals surface area contributed by atoms with E-state index in [2.05, 4.69) is 35.7 Å². The van der Waals surface area contributed by atoms with E-state index in [9.17, 15) is 4.39 Å². The van der Waals surface area contributed by atoms with Crippen LogP contribution in [-0.2, 0) is 0 Å². The fourth-order valence-corrected chi connectivity index (χ4v) is 2.53. The predicted molar refractivity (Wildman–Crippen MR) is 98.6 cm³/mol. The zero-order chi connectivity index (χ0) is 17.2. The van der Waals surface area contributed by atoms with Gasteiger partial charge in [0.25, 0.3) is 0 Å². The van der Waals surface area contributed by atoms with Crippen LogP contribution < -0.4 is 10.9 Å². The molecular formula is C20H29FN2. The van der Waals surface area contributed by atoms with Gasteiger partial charge in [-0.3, -0.25) is 0 Å². The Morgan fingerprint density at radius 1 is 1.39 bits per heavy atom. The first-order valence-electron chi connectivity index (χ1n) is 8.09. The fraction of sp³-hybridized carbons (Fsp3) is 0.400. The van der Waals surface area contributed by atoms with Crippen LogP contribution in [-0.4, -0.2) is 13.7 Å². The van der Waals surface area contributed by atoms with E-state index in [1.165, 1.54) is 5.57 Å². The van der Waals surface area contributed by atoms with Crippen molar-refractivity contribution in [2.24, 2.45) is 0 Å². The summed E-state index contributed by atoms with van der Waals surface area (Å²) in [4.78, 5) is 0. The van der Waals surface area contributed by atoms with Crippen molar-refractivity contribution in [2.45, 2.75) is 40.0 Å². The first kappa shape index (κ1) is 19.2. The summed E-state index contributed by atoms with van der Waals surface area (Å²) in [5.41, 5.74) is 11.8. The number of hydrogen-bond donors (Lipinski definition) is 2. The molecule has 0 heterocycles. The molecule has 0 aromatic carbocycles. The molecule has 0 unspecified atom stereocenters. The van der Waals surface area contributed by atoms with Gasteiger partial charge in [0.15, 0.2) is 0 Å². The maximum absolute atomic E-state index is 13.7. The summed E-state index contributed by atoms with van der Waals surface area (Å²) in [6.07, 6.45) is 13.1. The zero-order valence-electron chi connectivity index (χ0n) is 14.8. The van der Waals surface area contributed by atoms with Crippen molar-refractivity contribution >= 4 is 0 Å². The van der Waals surface area contributed by atoms with Gasteiger partial charge in [-0.2, -0.15) is 0 Å². The molecule has 0 fully saturated rings. The van der Waals surface area contributed by atoms with Crippen LogP contribution in [0.3, 0.4) is 0 Å². The smallest absolute Gasteiger partial charge is 0.115 e. The van der Waals surface area contributed by atoms with Gasteiger partial charge in [0, 0.05) is 18.8 Å². The van der Waals surface area contributed by atoms with E-state index in [4.69, 9.17) is 0 Å². The van der Waals surface area contributed by atoms with Crippen molar-refractivity contribution in [3.63, 3.8) is 0 Å². The Bertz CT molecular complexity index is 574. The molecule has 2 N–H and O–H groups in total. The molecule has 1 rings (SSSR count). The van der Waals surface area contributed by atoms with Gasteiger partial charge in [0.1, 0.15) is 6.67 Å². The summed E-state index contributed by atoms with van der Waals surface area (Å²) in [5.74, 6) is 0. The lowest BCUT2D eigenvalue weighted by molar-refractivity contribution is 0.542. The molecule has 1 aliphatic rings. The monoisotopic (exact) mass is 316 g/mol. The summed E-state index contributed by atoms with van der Waals surface area (Å²) < 4.78 is 13.7. The predicted octanol–water partition coefficient (Wildman–Crippen LogP) is 5.07. The van der Waals surface area contributed by atoms with E-state index in [1.54, 1.807) is 7.05 Å². The summed E-state index contributed by atoms with van der Waals surface area (Å²) in [7, 11) is 1.79. The van der Waals surface area contributed by atoms with E-state index >= 15 is 0 Å². The van der Waals surface area contributed by atoms with Crippen molar-refractivity contribution in [1.82, 2.24) is 10.9 Å². The molecular weight excluding hydrogens is 287 g/mol. The van der Waals surface area contributed by atoms with Crippen molar-refractivity contribution in [3.8, 4) is 0 Å². The Morgan fingerprint density at radius 3 is 2.65 bits per heavy atom. The molecule has 23 heavy (non-hydrogen) atoms. The molecule has 0 atom stereocenters. The lowest BCUT2D eigenvalue weighted by atomic mass is 9.90. The highest BCUT2D eigenvalue weighted by Crippen LogP contribution is 2.29. The van der Waals surface area contributed by atoms with Gasteiger partial charge in [-0.15, -0.1) is 0 Å². The minimum atomic E-state index is -0.490. The Kier molecular flexibility index (Phi) is 8.35. The highest BCUT2D eigenvalue weighted by atomic mass is 19.1. The van der Waals surface area contributed by atoms with Crippen molar-refractivity contribution in [2.75, 3.05) is 13.7 Å². The van der Waals surface area contributed by atoms with Crippen molar-refractivity contribution < 1.29 is 4.39 Å². The van der Waals surface area contributed by atoms with Crippen LogP contribution in [0.2, 0.25) is 0 Å². The van der Waals surface area contributed by atoms with Crippen LogP contribution >= 0.6 is 0 Å². The number of nitrogens with one attached hydrogen (secondary N) is 2. The quantitative estimate of drug-likeness (QED) is 0.458. The topological polar surface area (TPSA) is 24.1 Å².